The number of nitrogens with zero attached hydrogens (tertiary/aromatic N) is 2. The van der Waals surface area contributed by atoms with Crippen LogP contribution in [0.5, 0.6) is 23.0 Å². The summed E-state index contributed by atoms with van der Waals surface area (Å²) < 4.78 is 11.8. The molecule has 8 heteroatoms. The van der Waals surface area contributed by atoms with E-state index in [0.717, 1.165) is 22.3 Å². The lowest BCUT2D eigenvalue weighted by Crippen LogP contribution is -2.19. The van der Waals surface area contributed by atoms with Crippen LogP contribution in [0.3, 0.4) is 0 Å². The maximum Gasteiger partial charge on any atom is 0.273 e. The molecule has 4 aromatic rings. The number of rotatable bonds is 8. The molecule has 0 bridgehead atoms. The number of hydrogen-bond donors (Lipinski definition) is 0. The molecule has 0 saturated heterocycles. The molecule has 0 N–H and O–H groups in total. The first-order valence-electron chi connectivity index (χ1n) is 11.6. The number of hydrogen-bond acceptors (Lipinski definition) is 6. The van der Waals surface area contributed by atoms with Crippen LogP contribution in [0.25, 0.3) is 0 Å². The fourth-order valence-corrected chi connectivity index (χ4v) is 4.05. The van der Waals surface area contributed by atoms with E-state index < -0.39 is 9.85 Å². The Labute approximate surface area is 214 Å². The van der Waals surface area contributed by atoms with Crippen LogP contribution >= 0.6 is 0 Å². The second-order valence-corrected chi connectivity index (χ2v) is 9.30. The number of nitro groups is 2. The lowest BCUT2D eigenvalue weighted by molar-refractivity contribution is -0.385. The molecule has 0 aliphatic carbocycles. The van der Waals surface area contributed by atoms with E-state index in [1.807, 2.05) is 38.1 Å². The van der Waals surface area contributed by atoms with Crippen molar-refractivity contribution in [1.29, 1.82) is 0 Å². The van der Waals surface area contributed by atoms with Gasteiger partial charge in [-0.3, -0.25) is 20.2 Å². The minimum Gasteiger partial charge on any atom is -0.457 e. The van der Waals surface area contributed by atoms with E-state index in [9.17, 15) is 20.2 Å². The van der Waals surface area contributed by atoms with E-state index in [1.165, 1.54) is 24.3 Å². The van der Waals surface area contributed by atoms with Gasteiger partial charge in [-0.2, -0.15) is 0 Å². The number of ether oxygens (including phenoxy) is 2. The molecule has 0 heterocycles. The maximum atomic E-state index is 11.1. The van der Waals surface area contributed by atoms with Gasteiger partial charge in [0.05, 0.1) is 22.0 Å². The molecule has 4 aromatic carbocycles. The molecule has 0 radical (unpaired) electrons. The van der Waals surface area contributed by atoms with Gasteiger partial charge in [0.2, 0.25) is 0 Å². The Bertz CT molecular complexity index is 1380. The van der Waals surface area contributed by atoms with Crippen molar-refractivity contribution in [1.82, 2.24) is 0 Å². The third-order valence-corrected chi connectivity index (χ3v) is 6.31. The first-order chi connectivity index (χ1) is 17.5. The topological polar surface area (TPSA) is 105 Å². The highest BCUT2D eigenvalue weighted by molar-refractivity contribution is 5.50. The fraction of sp³-hybridized carbons (Fsp3) is 0.172. The Morgan fingerprint density at radius 1 is 0.622 bits per heavy atom. The van der Waals surface area contributed by atoms with Crippen LogP contribution < -0.4 is 9.47 Å². The zero-order chi connectivity index (χ0) is 26.7. The lowest BCUT2D eigenvalue weighted by Gasteiger charge is -2.28. The third kappa shape index (κ3) is 5.59. The third-order valence-electron chi connectivity index (χ3n) is 6.31. The molecular formula is C29H26N2O6. The van der Waals surface area contributed by atoms with Crippen molar-refractivity contribution < 1.29 is 19.3 Å². The average molecular weight is 499 g/mol. The summed E-state index contributed by atoms with van der Waals surface area (Å²) in [5.74, 6) is 2.05. The monoisotopic (exact) mass is 498 g/mol. The zero-order valence-electron chi connectivity index (χ0n) is 20.9. The zero-order valence-corrected chi connectivity index (χ0v) is 20.9. The highest BCUT2D eigenvalue weighted by atomic mass is 16.6. The Hall–Kier alpha value is -4.72. The summed E-state index contributed by atoms with van der Waals surface area (Å²) in [6.45, 7) is 8.12. The summed E-state index contributed by atoms with van der Waals surface area (Å²) in [5, 5.41) is 22.1. The van der Waals surface area contributed by atoms with E-state index in [4.69, 9.17) is 9.47 Å². The van der Waals surface area contributed by atoms with Crippen LogP contribution in [0.1, 0.15) is 36.1 Å². The SMILES string of the molecule is Cc1cc(C(C)(C)c2ccc(Oc3cccc([N+](=O)[O-])c3)c(C)c2)ccc1Oc1cccc([N+](=O)[O-])c1. The molecule has 8 nitrogen and oxygen atoms in total. The second kappa shape index (κ2) is 10.1. The van der Waals surface area contributed by atoms with Gasteiger partial charge in [0, 0.05) is 17.5 Å². The standard InChI is InChI=1S/C29H26N2O6/c1-19-15-21(11-13-27(19)36-25-9-5-7-23(17-25)30(32)33)29(3,4)22-12-14-28(20(2)16-22)37-26-10-6-8-24(18-26)31(34)35/h5-18H,1-4H3. The summed E-state index contributed by atoms with van der Waals surface area (Å²) in [6, 6.07) is 24.0. The Morgan fingerprint density at radius 2 is 1.03 bits per heavy atom. The molecule has 188 valence electrons. The predicted octanol–water partition coefficient (Wildman–Crippen LogP) is 8.03. The van der Waals surface area contributed by atoms with E-state index in [0.29, 0.717) is 23.0 Å². The Balaban J connectivity index is 1.55. The maximum absolute atomic E-state index is 11.1. The van der Waals surface area contributed by atoms with Crippen molar-refractivity contribution >= 4 is 11.4 Å². The summed E-state index contributed by atoms with van der Waals surface area (Å²) >= 11 is 0. The van der Waals surface area contributed by atoms with Crippen LogP contribution in [0, 0.1) is 34.1 Å². The molecular weight excluding hydrogens is 472 g/mol. The first kappa shape index (κ1) is 25.4. The number of benzene rings is 4. The van der Waals surface area contributed by atoms with Crippen molar-refractivity contribution in [2.45, 2.75) is 33.1 Å². The molecule has 0 spiro atoms. The Kier molecular flexibility index (Phi) is 6.93. The lowest BCUT2D eigenvalue weighted by atomic mass is 9.77. The average Bonchev–Trinajstić information content (AvgIpc) is 2.86. The molecule has 0 fully saturated rings. The normalized spacial score (nSPS) is 11.1. The number of nitro benzene ring substituents is 2. The van der Waals surface area contributed by atoms with Crippen LogP contribution in [0.4, 0.5) is 11.4 Å². The quantitative estimate of drug-likeness (QED) is 0.180. The molecule has 0 aromatic heterocycles. The molecule has 0 amide bonds. The van der Waals surface area contributed by atoms with Gasteiger partial charge < -0.3 is 9.47 Å². The smallest absolute Gasteiger partial charge is 0.273 e. The van der Waals surface area contributed by atoms with E-state index >= 15 is 0 Å². The van der Waals surface area contributed by atoms with Crippen LogP contribution in [-0.2, 0) is 5.41 Å². The minimum atomic E-state index is -0.451. The van der Waals surface area contributed by atoms with E-state index in [2.05, 4.69) is 26.0 Å². The number of non-ortho nitro benzene ring substituents is 2. The Morgan fingerprint density at radius 3 is 1.38 bits per heavy atom. The van der Waals surface area contributed by atoms with Crippen LogP contribution in [-0.4, -0.2) is 9.85 Å². The van der Waals surface area contributed by atoms with Gasteiger partial charge in [-0.1, -0.05) is 50.2 Å². The van der Waals surface area contributed by atoms with Gasteiger partial charge in [0.25, 0.3) is 11.4 Å². The molecule has 0 atom stereocenters. The van der Waals surface area contributed by atoms with Gasteiger partial charge in [-0.05, 0) is 60.4 Å². The predicted molar refractivity (Wildman–Crippen MR) is 141 cm³/mol. The summed E-state index contributed by atoms with van der Waals surface area (Å²) in [4.78, 5) is 21.2. The fourth-order valence-electron chi connectivity index (χ4n) is 4.05. The van der Waals surface area contributed by atoms with Crippen molar-refractivity contribution in [2.75, 3.05) is 0 Å². The molecule has 0 saturated carbocycles. The molecule has 4 rings (SSSR count). The second-order valence-electron chi connectivity index (χ2n) is 9.30. The van der Waals surface area contributed by atoms with Crippen molar-refractivity contribution in [3.63, 3.8) is 0 Å². The number of aryl methyl sites for hydroxylation is 2. The molecule has 0 unspecified atom stereocenters. The van der Waals surface area contributed by atoms with Crippen molar-refractivity contribution in [3.05, 3.63) is 127 Å². The van der Waals surface area contributed by atoms with Gasteiger partial charge in [-0.25, -0.2) is 0 Å². The molecule has 0 aliphatic heterocycles. The minimum absolute atomic E-state index is 0.0267. The molecule has 0 aliphatic rings. The van der Waals surface area contributed by atoms with Gasteiger partial charge in [0.1, 0.15) is 23.0 Å². The highest BCUT2D eigenvalue weighted by Gasteiger charge is 2.25. The van der Waals surface area contributed by atoms with Crippen molar-refractivity contribution in [3.8, 4) is 23.0 Å². The van der Waals surface area contributed by atoms with Crippen LogP contribution in [0.2, 0.25) is 0 Å². The van der Waals surface area contributed by atoms with E-state index in [1.54, 1.807) is 24.3 Å². The largest absolute Gasteiger partial charge is 0.457 e. The molecule has 37 heavy (non-hydrogen) atoms. The highest BCUT2D eigenvalue weighted by Crippen LogP contribution is 2.38. The van der Waals surface area contributed by atoms with Crippen LogP contribution in [0.15, 0.2) is 84.9 Å². The van der Waals surface area contributed by atoms with Crippen molar-refractivity contribution in [2.24, 2.45) is 0 Å². The summed E-state index contributed by atoms with van der Waals surface area (Å²) in [5.41, 5.74) is 3.55. The summed E-state index contributed by atoms with van der Waals surface area (Å²) in [6.07, 6.45) is 0. The first-order valence-corrected chi connectivity index (χ1v) is 11.6. The van der Waals surface area contributed by atoms with E-state index in [-0.39, 0.29) is 16.8 Å². The van der Waals surface area contributed by atoms with Gasteiger partial charge >= 0.3 is 0 Å². The van der Waals surface area contributed by atoms with Gasteiger partial charge in [0.15, 0.2) is 0 Å². The summed E-state index contributed by atoms with van der Waals surface area (Å²) in [7, 11) is 0. The van der Waals surface area contributed by atoms with Gasteiger partial charge in [-0.15, -0.1) is 0 Å².